The molecule has 0 unspecified atom stereocenters. The van der Waals surface area contributed by atoms with Gasteiger partial charge in [-0.1, -0.05) is 32.0 Å². The first kappa shape index (κ1) is 14.9. The van der Waals surface area contributed by atoms with Crippen LogP contribution in [0.5, 0.6) is 0 Å². The summed E-state index contributed by atoms with van der Waals surface area (Å²) < 4.78 is 3.12. The molecule has 0 bridgehead atoms. The molecule has 0 N–H and O–H groups in total. The molecule has 1 aliphatic heterocycles. The van der Waals surface area contributed by atoms with Gasteiger partial charge in [-0.3, -0.25) is 0 Å². The molecule has 1 aromatic carbocycles. The second-order valence-corrected chi connectivity index (χ2v) is 6.23. The minimum Gasteiger partial charge on any atom is -0.349 e. The molecule has 3 rings (SSSR count). The average Bonchev–Trinajstić information content (AvgIpc) is 2.83. The summed E-state index contributed by atoms with van der Waals surface area (Å²) in [5.74, 6) is 0. The number of para-hydroxylation sites is 1. The second kappa shape index (κ2) is 5.97. The largest absolute Gasteiger partial charge is 0.349 e. The van der Waals surface area contributed by atoms with Crippen LogP contribution in [-0.2, 0) is 25.8 Å². The standard InChI is InChI=1S/C16H19BBrN3/c1-3-11-6-5-7-12(4-2)15(11)21-16(18)13-10-20(17)9-8-14(13)19-21/h5-7H,3-4,8-10H2,1-2H3. The monoisotopic (exact) mass is 343 g/mol. The summed E-state index contributed by atoms with van der Waals surface area (Å²) >= 11 is 3.75. The molecule has 0 spiro atoms. The molecule has 5 heteroatoms. The van der Waals surface area contributed by atoms with E-state index in [1.165, 1.54) is 22.4 Å². The summed E-state index contributed by atoms with van der Waals surface area (Å²) in [6.45, 7) is 6.01. The Morgan fingerprint density at radius 1 is 1.24 bits per heavy atom. The minimum atomic E-state index is 0.756. The molecule has 0 amide bonds. The van der Waals surface area contributed by atoms with Gasteiger partial charge in [0.25, 0.3) is 0 Å². The first-order valence-corrected chi connectivity index (χ1v) is 8.32. The van der Waals surface area contributed by atoms with E-state index < -0.39 is 0 Å². The van der Waals surface area contributed by atoms with Crippen molar-refractivity contribution < 1.29 is 0 Å². The van der Waals surface area contributed by atoms with E-state index >= 15 is 0 Å². The van der Waals surface area contributed by atoms with Crippen molar-refractivity contribution in [3.8, 4) is 5.69 Å². The van der Waals surface area contributed by atoms with Crippen LogP contribution in [0.1, 0.15) is 36.2 Å². The summed E-state index contributed by atoms with van der Waals surface area (Å²) in [7, 11) is 5.95. The fourth-order valence-corrected chi connectivity index (χ4v) is 3.61. The lowest BCUT2D eigenvalue weighted by molar-refractivity contribution is 0.424. The first-order valence-electron chi connectivity index (χ1n) is 7.52. The number of benzene rings is 1. The van der Waals surface area contributed by atoms with E-state index in [1.54, 1.807) is 0 Å². The fraction of sp³-hybridized carbons (Fsp3) is 0.438. The Morgan fingerprint density at radius 2 is 1.90 bits per heavy atom. The van der Waals surface area contributed by atoms with Gasteiger partial charge >= 0.3 is 0 Å². The molecule has 0 saturated heterocycles. The van der Waals surface area contributed by atoms with E-state index in [-0.39, 0.29) is 0 Å². The highest BCUT2D eigenvalue weighted by atomic mass is 79.9. The molecule has 0 saturated carbocycles. The van der Waals surface area contributed by atoms with Crippen LogP contribution in [0.2, 0.25) is 0 Å². The van der Waals surface area contributed by atoms with Crippen LogP contribution in [0.4, 0.5) is 0 Å². The van der Waals surface area contributed by atoms with Crippen LogP contribution in [0.3, 0.4) is 0 Å². The fourth-order valence-electron chi connectivity index (χ4n) is 3.00. The highest BCUT2D eigenvalue weighted by molar-refractivity contribution is 9.10. The van der Waals surface area contributed by atoms with Gasteiger partial charge in [-0.05, 0) is 46.4 Å². The van der Waals surface area contributed by atoms with Gasteiger partial charge in [0, 0.05) is 18.5 Å². The van der Waals surface area contributed by atoms with Gasteiger partial charge < -0.3 is 4.81 Å². The number of aryl methyl sites for hydroxylation is 2. The van der Waals surface area contributed by atoms with Crippen molar-refractivity contribution >= 4 is 23.9 Å². The number of nitrogens with zero attached hydrogens (tertiary/aromatic N) is 3. The molecule has 0 atom stereocenters. The van der Waals surface area contributed by atoms with Gasteiger partial charge in [0.1, 0.15) is 4.60 Å². The molecule has 108 valence electrons. The predicted molar refractivity (Wildman–Crippen MR) is 89.9 cm³/mol. The van der Waals surface area contributed by atoms with Crippen LogP contribution < -0.4 is 0 Å². The molecule has 2 radical (unpaired) electrons. The zero-order chi connectivity index (χ0) is 15.0. The maximum atomic E-state index is 5.95. The van der Waals surface area contributed by atoms with Crippen molar-refractivity contribution in [3.63, 3.8) is 0 Å². The topological polar surface area (TPSA) is 21.1 Å². The van der Waals surface area contributed by atoms with E-state index in [4.69, 9.17) is 13.1 Å². The van der Waals surface area contributed by atoms with E-state index in [0.717, 1.165) is 42.6 Å². The van der Waals surface area contributed by atoms with Crippen LogP contribution in [0.15, 0.2) is 22.8 Å². The van der Waals surface area contributed by atoms with E-state index in [0.29, 0.717) is 0 Å². The Bertz CT molecular complexity index is 644. The van der Waals surface area contributed by atoms with Crippen molar-refractivity contribution in [2.24, 2.45) is 0 Å². The summed E-state index contributed by atoms with van der Waals surface area (Å²) in [5.41, 5.74) is 6.28. The van der Waals surface area contributed by atoms with E-state index in [9.17, 15) is 0 Å². The third-order valence-corrected chi connectivity index (χ3v) is 4.99. The first-order chi connectivity index (χ1) is 10.2. The lowest BCUT2D eigenvalue weighted by Crippen LogP contribution is -2.27. The summed E-state index contributed by atoms with van der Waals surface area (Å²) in [4.78, 5) is 1.85. The molecular weight excluding hydrogens is 325 g/mol. The number of hydrogen-bond acceptors (Lipinski definition) is 2. The normalized spacial score (nSPS) is 15.2. The lowest BCUT2D eigenvalue weighted by atomic mass is 10.0. The maximum Gasteiger partial charge on any atom is 0.182 e. The van der Waals surface area contributed by atoms with E-state index in [2.05, 4.69) is 52.7 Å². The highest BCUT2D eigenvalue weighted by Crippen LogP contribution is 2.31. The molecule has 2 aromatic rings. The van der Waals surface area contributed by atoms with Gasteiger partial charge in [0.15, 0.2) is 7.98 Å². The Morgan fingerprint density at radius 3 is 2.52 bits per heavy atom. The molecule has 1 aliphatic rings. The van der Waals surface area contributed by atoms with Gasteiger partial charge in [-0.15, -0.1) is 0 Å². The van der Waals surface area contributed by atoms with Crippen molar-refractivity contribution in [2.45, 2.75) is 39.7 Å². The average molecular weight is 344 g/mol. The number of fused-ring (bicyclic) bond motifs is 1. The zero-order valence-corrected chi connectivity index (χ0v) is 14.2. The summed E-state index contributed by atoms with van der Waals surface area (Å²) in [5, 5.41) is 4.86. The van der Waals surface area contributed by atoms with Gasteiger partial charge in [-0.2, -0.15) is 5.10 Å². The van der Waals surface area contributed by atoms with Crippen LogP contribution in [0.25, 0.3) is 5.69 Å². The quantitative estimate of drug-likeness (QED) is 0.798. The Labute approximate surface area is 135 Å². The molecule has 1 aromatic heterocycles. The molecule has 0 fully saturated rings. The minimum absolute atomic E-state index is 0.756. The SMILES string of the molecule is [B]N1CCc2nn(-c3c(CC)cccc3CC)c(Br)c2C1. The van der Waals surface area contributed by atoms with Gasteiger partial charge in [0.05, 0.1) is 11.4 Å². The molecule has 2 heterocycles. The zero-order valence-electron chi connectivity index (χ0n) is 12.6. The maximum absolute atomic E-state index is 5.95. The van der Waals surface area contributed by atoms with Crippen molar-refractivity contribution in [3.05, 3.63) is 45.2 Å². The summed E-state index contributed by atoms with van der Waals surface area (Å²) in [6, 6.07) is 6.52. The Kier molecular flexibility index (Phi) is 4.22. The number of aromatic nitrogens is 2. The lowest BCUT2D eigenvalue weighted by Gasteiger charge is -2.21. The molecule has 0 aliphatic carbocycles. The molecular formula is C16H19BBrN3. The highest BCUT2D eigenvalue weighted by Gasteiger charge is 2.23. The van der Waals surface area contributed by atoms with E-state index in [1.807, 2.05) is 4.81 Å². The van der Waals surface area contributed by atoms with Crippen molar-refractivity contribution in [1.82, 2.24) is 14.6 Å². The third-order valence-electron chi connectivity index (χ3n) is 4.18. The number of rotatable bonds is 3. The third kappa shape index (κ3) is 2.57. The second-order valence-electron chi connectivity index (χ2n) is 5.48. The van der Waals surface area contributed by atoms with Crippen molar-refractivity contribution in [1.29, 1.82) is 0 Å². The van der Waals surface area contributed by atoms with Crippen LogP contribution in [0, 0.1) is 0 Å². The van der Waals surface area contributed by atoms with Crippen molar-refractivity contribution in [2.75, 3.05) is 6.54 Å². The Balaban J connectivity index is 2.18. The van der Waals surface area contributed by atoms with Crippen LogP contribution in [-0.4, -0.2) is 29.1 Å². The van der Waals surface area contributed by atoms with Gasteiger partial charge in [0.2, 0.25) is 0 Å². The summed E-state index contributed by atoms with van der Waals surface area (Å²) in [6.07, 6.45) is 2.92. The Hall–Kier alpha value is -1.07. The molecule has 3 nitrogen and oxygen atoms in total. The van der Waals surface area contributed by atoms with Gasteiger partial charge in [-0.25, -0.2) is 4.68 Å². The van der Waals surface area contributed by atoms with Crippen LogP contribution >= 0.6 is 15.9 Å². The predicted octanol–water partition coefficient (Wildman–Crippen LogP) is 3.20. The number of hydrogen-bond donors (Lipinski definition) is 0. The number of halogens is 1. The smallest absolute Gasteiger partial charge is 0.182 e. The molecule has 21 heavy (non-hydrogen) atoms.